The van der Waals surface area contributed by atoms with Gasteiger partial charge in [-0.1, -0.05) is 0 Å². The van der Waals surface area contributed by atoms with Gasteiger partial charge in [0.05, 0.1) is 6.54 Å². The number of carbonyl (C=O) groups excluding carboxylic acids is 1. The van der Waals surface area contributed by atoms with Gasteiger partial charge in [-0.05, 0) is 44.7 Å². The fourth-order valence-corrected chi connectivity index (χ4v) is 3.31. The second-order valence-corrected chi connectivity index (χ2v) is 6.16. The van der Waals surface area contributed by atoms with Crippen LogP contribution in [-0.2, 0) is 4.79 Å². The molecule has 1 aliphatic carbocycles. The molecule has 0 aliphatic heterocycles. The van der Waals surface area contributed by atoms with Crippen molar-refractivity contribution >= 4 is 23.4 Å². The van der Waals surface area contributed by atoms with Gasteiger partial charge in [-0.2, -0.15) is 11.8 Å². The lowest BCUT2D eigenvalue weighted by Gasteiger charge is -2.23. The van der Waals surface area contributed by atoms with Crippen molar-refractivity contribution in [3.8, 4) is 0 Å². The number of amides is 1. The van der Waals surface area contributed by atoms with Crippen LogP contribution < -0.4 is 5.32 Å². The highest BCUT2D eigenvalue weighted by Crippen LogP contribution is 2.30. The molecule has 4 nitrogen and oxygen atoms in total. The Kier molecular flexibility index (Phi) is 5.22. The number of rotatable bonds is 5. The van der Waals surface area contributed by atoms with Gasteiger partial charge >= 0.3 is 0 Å². The topological polar surface area (TPSA) is 45.2 Å². The first-order chi connectivity index (χ1) is 9.19. The van der Waals surface area contributed by atoms with E-state index in [0.717, 1.165) is 10.9 Å². The summed E-state index contributed by atoms with van der Waals surface area (Å²) in [5.41, 5.74) is 0.807. The van der Waals surface area contributed by atoms with E-state index >= 15 is 0 Å². The summed E-state index contributed by atoms with van der Waals surface area (Å²) in [5.74, 6) is 0.0429. The van der Waals surface area contributed by atoms with Crippen LogP contribution in [-0.4, -0.2) is 46.9 Å². The van der Waals surface area contributed by atoms with Gasteiger partial charge in [-0.3, -0.25) is 14.7 Å². The molecule has 0 saturated heterocycles. The second-order valence-electron chi connectivity index (χ2n) is 5.02. The van der Waals surface area contributed by atoms with Crippen LogP contribution in [0.1, 0.15) is 19.3 Å². The van der Waals surface area contributed by atoms with Crippen LogP contribution in [0.5, 0.6) is 0 Å². The van der Waals surface area contributed by atoms with Crippen LogP contribution in [0.25, 0.3) is 0 Å². The first-order valence-corrected chi connectivity index (χ1v) is 7.90. The SMILES string of the molecule is CS[C@@H]1CC[C@@H](N(C)CC(=O)Nc2ccncc2)C1. The minimum atomic E-state index is 0.0429. The van der Waals surface area contributed by atoms with Crippen LogP contribution in [0.2, 0.25) is 0 Å². The van der Waals surface area contributed by atoms with Crippen molar-refractivity contribution in [1.29, 1.82) is 0 Å². The Bertz CT molecular complexity index is 412. The normalized spacial score (nSPS) is 22.7. The molecular weight excluding hydrogens is 258 g/mol. The van der Waals surface area contributed by atoms with Gasteiger partial charge in [0.2, 0.25) is 5.91 Å². The van der Waals surface area contributed by atoms with Crippen molar-refractivity contribution in [3.63, 3.8) is 0 Å². The third kappa shape index (κ3) is 4.21. The maximum Gasteiger partial charge on any atom is 0.238 e. The van der Waals surface area contributed by atoms with E-state index in [1.807, 2.05) is 18.8 Å². The fraction of sp³-hybridized carbons (Fsp3) is 0.571. The first kappa shape index (κ1) is 14.3. The van der Waals surface area contributed by atoms with Crippen molar-refractivity contribution in [1.82, 2.24) is 9.88 Å². The molecule has 2 atom stereocenters. The van der Waals surface area contributed by atoms with E-state index in [1.165, 1.54) is 19.3 Å². The maximum absolute atomic E-state index is 12.0. The van der Waals surface area contributed by atoms with Crippen LogP contribution in [0.4, 0.5) is 5.69 Å². The molecule has 0 bridgehead atoms. The Labute approximate surface area is 119 Å². The summed E-state index contributed by atoms with van der Waals surface area (Å²) in [4.78, 5) is 18.1. The molecule has 19 heavy (non-hydrogen) atoms. The third-order valence-electron chi connectivity index (χ3n) is 3.67. The van der Waals surface area contributed by atoms with E-state index in [9.17, 15) is 4.79 Å². The van der Waals surface area contributed by atoms with Crippen molar-refractivity contribution in [2.45, 2.75) is 30.6 Å². The predicted molar refractivity (Wildman–Crippen MR) is 80.4 cm³/mol. The molecule has 1 heterocycles. The molecule has 0 unspecified atom stereocenters. The summed E-state index contributed by atoms with van der Waals surface area (Å²) in [6.07, 6.45) is 9.19. The summed E-state index contributed by atoms with van der Waals surface area (Å²) in [6.45, 7) is 0.452. The molecule has 0 radical (unpaired) electrons. The quantitative estimate of drug-likeness (QED) is 0.898. The summed E-state index contributed by atoms with van der Waals surface area (Å²) in [7, 11) is 2.04. The van der Waals surface area contributed by atoms with Crippen LogP contribution in [0.15, 0.2) is 24.5 Å². The van der Waals surface area contributed by atoms with Crippen LogP contribution in [0.3, 0.4) is 0 Å². The molecule has 1 N–H and O–H groups in total. The summed E-state index contributed by atoms with van der Waals surface area (Å²) in [5, 5.41) is 3.66. The van der Waals surface area contributed by atoms with E-state index in [4.69, 9.17) is 0 Å². The van der Waals surface area contributed by atoms with Gasteiger partial charge in [0.25, 0.3) is 0 Å². The Balaban J connectivity index is 1.79. The Morgan fingerprint density at radius 2 is 2.21 bits per heavy atom. The zero-order chi connectivity index (χ0) is 13.7. The number of thioether (sulfide) groups is 1. The number of pyridine rings is 1. The van der Waals surface area contributed by atoms with E-state index < -0.39 is 0 Å². The molecule has 0 aromatic carbocycles. The lowest BCUT2D eigenvalue weighted by Crippen LogP contribution is -2.36. The predicted octanol–water partition coefficient (Wildman–Crippen LogP) is 2.24. The van der Waals surface area contributed by atoms with Crippen LogP contribution >= 0.6 is 11.8 Å². The minimum absolute atomic E-state index is 0.0429. The average molecular weight is 279 g/mol. The summed E-state index contributed by atoms with van der Waals surface area (Å²) >= 11 is 1.94. The highest BCUT2D eigenvalue weighted by atomic mass is 32.2. The molecule has 1 aromatic rings. The Morgan fingerprint density at radius 3 is 2.84 bits per heavy atom. The number of aromatic nitrogens is 1. The number of hydrogen-bond donors (Lipinski definition) is 1. The monoisotopic (exact) mass is 279 g/mol. The van der Waals surface area contributed by atoms with Gasteiger partial charge in [-0.15, -0.1) is 0 Å². The van der Waals surface area contributed by atoms with Crippen molar-refractivity contribution in [2.75, 3.05) is 25.2 Å². The molecule has 5 heteroatoms. The number of likely N-dealkylation sites (N-methyl/N-ethyl adjacent to an activating group) is 1. The molecule has 1 aliphatic rings. The third-order valence-corrected chi connectivity index (χ3v) is 4.77. The molecule has 2 rings (SSSR count). The molecule has 104 valence electrons. The molecular formula is C14H21N3OS. The molecule has 1 amide bonds. The first-order valence-electron chi connectivity index (χ1n) is 6.62. The summed E-state index contributed by atoms with van der Waals surface area (Å²) < 4.78 is 0. The smallest absolute Gasteiger partial charge is 0.238 e. The lowest BCUT2D eigenvalue weighted by atomic mass is 10.2. The second kappa shape index (κ2) is 6.91. The number of anilines is 1. The molecule has 1 fully saturated rings. The molecule has 1 aromatic heterocycles. The Morgan fingerprint density at radius 1 is 1.47 bits per heavy atom. The lowest BCUT2D eigenvalue weighted by molar-refractivity contribution is -0.117. The van der Waals surface area contributed by atoms with Crippen molar-refractivity contribution < 1.29 is 4.79 Å². The summed E-state index contributed by atoms with van der Waals surface area (Å²) in [6, 6.07) is 4.15. The zero-order valence-electron chi connectivity index (χ0n) is 11.5. The maximum atomic E-state index is 12.0. The van der Waals surface area contributed by atoms with E-state index in [0.29, 0.717) is 12.6 Å². The highest BCUT2D eigenvalue weighted by Gasteiger charge is 2.27. The van der Waals surface area contributed by atoms with Gasteiger partial charge in [0.15, 0.2) is 0 Å². The van der Waals surface area contributed by atoms with E-state index in [2.05, 4.69) is 21.5 Å². The van der Waals surface area contributed by atoms with Gasteiger partial charge in [-0.25, -0.2) is 0 Å². The van der Waals surface area contributed by atoms with Crippen molar-refractivity contribution in [3.05, 3.63) is 24.5 Å². The van der Waals surface area contributed by atoms with Gasteiger partial charge in [0.1, 0.15) is 0 Å². The number of hydrogen-bond acceptors (Lipinski definition) is 4. The fourth-order valence-electron chi connectivity index (χ4n) is 2.52. The molecule has 1 saturated carbocycles. The number of nitrogens with one attached hydrogen (secondary N) is 1. The van der Waals surface area contributed by atoms with Crippen LogP contribution in [0, 0.1) is 0 Å². The van der Waals surface area contributed by atoms with E-state index in [1.54, 1.807) is 24.5 Å². The minimum Gasteiger partial charge on any atom is -0.325 e. The van der Waals surface area contributed by atoms with Gasteiger partial charge in [0, 0.05) is 29.4 Å². The number of carbonyl (C=O) groups is 1. The zero-order valence-corrected chi connectivity index (χ0v) is 12.3. The largest absolute Gasteiger partial charge is 0.325 e. The van der Waals surface area contributed by atoms with Gasteiger partial charge < -0.3 is 5.32 Å². The standard InChI is InChI=1S/C14H21N3OS/c1-17(12-3-4-13(9-12)19-2)10-14(18)16-11-5-7-15-8-6-11/h5-8,12-13H,3-4,9-10H2,1-2H3,(H,15,16,18)/t12-,13-/m1/s1. The Hall–Kier alpha value is -1.07. The highest BCUT2D eigenvalue weighted by molar-refractivity contribution is 7.99. The van der Waals surface area contributed by atoms with E-state index in [-0.39, 0.29) is 5.91 Å². The van der Waals surface area contributed by atoms with Crippen molar-refractivity contribution in [2.24, 2.45) is 0 Å². The molecule has 0 spiro atoms. The average Bonchev–Trinajstić information content (AvgIpc) is 2.88. The number of nitrogens with zero attached hydrogens (tertiary/aromatic N) is 2.